The van der Waals surface area contributed by atoms with Crippen molar-refractivity contribution in [3.63, 3.8) is 0 Å². The molecule has 0 bridgehead atoms. The van der Waals surface area contributed by atoms with Gasteiger partial charge in [-0.2, -0.15) is 0 Å². The van der Waals surface area contributed by atoms with E-state index in [0.29, 0.717) is 18.7 Å². The van der Waals surface area contributed by atoms with Crippen LogP contribution in [-0.2, 0) is 11.2 Å². The molecule has 0 saturated carbocycles. The summed E-state index contributed by atoms with van der Waals surface area (Å²) in [5, 5.41) is 3.03. The Morgan fingerprint density at radius 3 is 2.67 bits per heavy atom. The number of anilines is 1. The second-order valence-corrected chi connectivity index (χ2v) is 5.32. The highest BCUT2D eigenvalue weighted by Gasteiger charge is 2.19. The van der Waals surface area contributed by atoms with Crippen molar-refractivity contribution in [3.05, 3.63) is 23.4 Å². The molecule has 21 heavy (non-hydrogen) atoms. The van der Waals surface area contributed by atoms with Gasteiger partial charge in [0, 0.05) is 38.0 Å². The van der Waals surface area contributed by atoms with Gasteiger partial charge in [-0.1, -0.05) is 13.3 Å². The maximum absolute atomic E-state index is 12.7. The Labute approximate surface area is 127 Å². The van der Waals surface area contributed by atoms with E-state index in [1.807, 2.05) is 37.9 Å². The lowest BCUT2D eigenvalue weighted by Gasteiger charge is -2.26. The number of carbonyl (C=O) groups is 1. The second kappa shape index (κ2) is 8.62. The predicted molar refractivity (Wildman–Crippen MR) is 85.8 cm³/mol. The first-order valence-electron chi connectivity index (χ1n) is 7.52. The molecule has 0 aliphatic carbocycles. The fourth-order valence-corrected chi connectivity index (χ4v) is 2.17. The maximum Gasteiger partial charge on any atom is 0.254 e. The van der Waals surface area contributed by atoms with Crippen molar-refractivity contribution in [3.8, 4) is 0 Å². The lowest BCUT2D eigenvalue weighted by molar-refractivity contribution is 0.0635. The zero-order valence-electron chi connectivity index (χ0n) is 13.8. The van der Waals surface area contributed by atoms with Crippen molar-refractivity contribution in [1.29, 1.82) is 0 Å². The van der Waals surface area contributed by atoms with Crippen LogP contribution in [0.3, 0.4) is 0 Å². The smallest absolute Gasteiger partial charge is 0.254 e. The third-order valence-corrected chi connectivity index (χ3v) is 3.31. The molecule has 1 rings (SSSR count). The number of carbonyl (C=O) groups excluding carboxylic acids is 1. The number of aromatic nitrogens is 1. The average Bonchev–Trinajstić information content (AvgIpc) is 2.47. The van der Waals surface area contributed by atoms with E-state index in [1.54, 1.807) is 7.11 Å². The van der Waals surface area contributed by atoms with Gasteiger partial charge in [-0.25, -0.2) is 4.98 Å². The SMILES string of the molecule is CCCc1cc(C(=O)N(CCOC)C(C)C)cc(NC)n1. The number of hydrogen-bond acceptors (Lipinski definition) is 4. The first kappa shape index (κ1) is 17.4. The summed E-state index contributed by atoms with van der Waals surface area (Å²) in [5.41, 5.74) is 1.63. The van der Waals surface area contributed by atoms with Gasteiger partial charge in [0.2, 0.25) is 0 Å². The normalized spacial score (nSPS) is 10.8. The highest BCUT2D eigenvalue weighted by molar-refractivity contribution is 5.95. The summed E-state index contributed by atoms with van der Waals surface area (Å²) in [7, 11) is 3.46. The number of methoxy groups -OCH3 is 1. The van der Waals surface area contributed by atoms with Crippen molar-refractivity contribution >= 4 is 11.7 Å². The number of amides is 1. The van der Waals surface area contributed by atoms with E-state index >= 15 is 0 Å². The van der Waals surface area contributed by atoms with Crippen LogP contribution >= 0.6 is 0 Å². The molecule has 0 aliphatic rings. The standard InChI is InChI=1S/C16H27N3O2/c1-6-7-14-10-13(11-15(17-4)18-14)16(20)19(12(2)3)8-9-21-5/h10-12H,6-9H2,1-5H3,(H,17,18). The van der Waals surface area contributed by atoms with Crippen LogP contribution in [0.4, 0.5) is 5.82 Å². The minimum absolute atomic E-state index is 0.0262. The van der Waals surface area contributed by atoms with Gasteiger partial charge in [0.25, 0.3) is 5.91 Å². The van der Waals surface area contributed by atoms with Crippen molar-refractivity contribution in [2.75, 3.05) is 32.6 Å². The van der Waals surface area contributed by atoms with E-state index < -0.39 is 0 Å². The van der Waals surface area contributed by atoms with Gasteiger partial charge >= 0.3 is 0 Å². The van der Waals surface area contributed by atoms with Crippen LogP contribution in [0, 0.1) is 0 Å². The highest BCUT2D eigenvalue weighted by Crippen LogP contribution is 2.15. The molecule has 0 aliphatic heterocycles. The van der Waals surface area contributed by atoms with E-state index in [4.69, 9.17) is 4.74 Å². The number of hydrogen-bond donors (Lipinski definition) is 1. The molecule has 0 saturated heterocycles. The van der Waals surface area contributed by atoms with Crippen LogP contribution in [0.1, 0.15) is 43.2 Å². The second-order valence-electron chi connectivity index (χ2n) is 5.32. The molecule has 0 aromatic carbocycles. The minimum Gasteiger partial charge on any atom is -0.383 e. The van der Waals surface area contributed by atoms with Crippen LogP contribution in [0.2, 0.25) is 0 Å². The largest absolute Gasteiger partial charge is 0.383 e. The number of rotatable bonds is 8. The zero-order valence-corrected chi connectivity index (χ0v) is 13.8. The van der Waals surface area contributed by atoms with Gasteiger partial charge in [-0.05, 0) is 32.4 Å². The number of nitrogens with one attached hydrogen (secondary N) is 1. The summed E-state index contributed by atoms with van der Waals surface area (Å²) < 4.78 is 5.10. The topological polar surface area (TPSA) is 54.5 Å². The van der Waals surface area contributed by atoms with Crippen molar-refractivity contribution in [1.82, 2.24) is 9.88 Å². The van der Waals surface area contributed by atoms with Crippen LogP contribution in [0.15, 0.2) is 12.1 Å². The maximum atomic E-state index is 12.7. The lowest BCUT2D eigenvalue weighted by atomic mass is 10.1. The fraction of sp³-hybridized carbons (Fsp3) is 0.625. The van der Waals surface area contributed by atoms with Crippen molar-refractivity contribution < 1.29 is 9.53 Å². The molecule has 1 aromatic heterocycles. The van der Waals surface area contributed by atoms with Gasteiger partial charge in [0.1, 0.15) is 5.82 Å². The Balaban J connectivity index is 3.05. The van der Waals surface area contributed by atoms with E-state index in [2.05, 4.69) is 17.2 Å². The summed E-state index contributed by atoms with van der Waals surface area (Å²) >= 11 is 0. The van der Waals surface area contributed by atoms with Gasteiger partial charge < -0.3 is 15.0 Å². The highest BCUT2D eigenvalue weighted by atomic mass is 16.5. The number of ether oxygens (including phenoxy) is 1. The predicted octanol–water partition coefficient (Wildman–Crippen LogP) is 2.57. The first-order valence-corrected chi connectivity index (χ1v) is 7.52. The molecule has 0 radical (unpaired) electrons. The molecule has 0 unspecified atom stereocenters. The Bertz CT molecular complexity index is 461. The molecule has 0 fully saturated rings. The Morgan fingerprint density at radius 2 is 2.14 bits per heavy atom. The molecule has 1 aromatic rings. The summed E-state index contributed by atoms with van der Waals surface area (Å²) in [6.45, 7) is 7.26. The summed E-state index contributed by atoms with van der Waals surface area (Å²) in [4.78, 5) is 19.0. The molecule has 5 heteroatoms. The number of nitrogens with zero attached hydrogens (tertiary/aromatic N) is 2. The molecule has 1 heterocycles. The molecule has 118 valence electrons. The van der Waals surface area contributed by atoms with E-state index in [1.165, 1.54) is 0 Å². The van der Waals surface area contributed by atoms with Gasteiger partial charge in [0.05, 0.1) is 6.61 Å². The van der Waals surface area contributed by atoms with E-state index in [9.17, 15) is 4.79 Å². The summed E-state index contributed by atoms with van der Waals surface area (Å²) in [6.07, 6.45) is 1.88. The van der Waals surface area contributed by atoms with Crippen LogP contribution < -0.4 is 5.32 Å². The van der Waals surface area contributed by atoms with Crippen LogP contribution in [0.25, 0.3) is 0 Å². The quantitative estimate of drug-likeness (QED) is 0.800. The Hall–Kier alpha value is -1.62. The molecular weight excluding hydrogens is 266 g/mol. The zero-order chi connectivity index (χ0) is 15.8. The molecule has 0 atom stereocenters. The molecule has 1 N–H and O–H groups in total. The monoisotopic (exact) mass is 293 g/mol. The van der Waals surface area contributed by atoms with Crippen molar-refractivity contribution in [2.24, 2.45) is 0 Å². The van der Waals surface area contributed by atoms with Gasteiger partial charge in [-0.3, -0.25) is 4.79 Å². The minimum atomic E-state index is 0.0262. The van der Waals surface area contributed by atoms with Gasteiger partial charge in [-0.15, -0.1) is 0 Å². The molecular formula is C16H27N3O2. The van der Waals surface area contributed by atoms with Gasteiger partial charge in [0.15, 0.2) is 0 Å². The fourth-order valence-electron chi connectivity index (χ4n) is 2.17. The molecule has 1 amide bonds. The number of pyridine rings is 1. The Kier molecular flexibility index (Phi) is 7.15. The number of aryl methyl sites for hydroxylation is 1. The van der Waals surface area contributed by atoms with Crippen LogP contribution in [-0.4, -0.2) is 49.1 Å². The van der Waals surface area contributed by atoms with E-state index in [-0.39, 0.29) is 11.9 Å². The first-order chi connectivity index (χ1) is 10.0. The third kappa shape index (κ3) is 5.01. The Morgan fingerprint density at radius 1 is 1.43 bits per heavy atom. The third-order valence-electron chi connectivity index (χ3n) is 3.31. The average molecular weight is 293 g/mol. The van der Waals surface area contributed by atoms with E-state index in [0.717, 1.165) is 24.4 Å². The molecule has 5 nitrogen and oxygen atoms in total. The summed E-state index contributed by atoms with van der Waals surface area (Å²) in [6, 6.07) is 3.84. The van der Waals surface area contributed by atoms with Crippen LogP contribution in [0.5, 0.6) is 0 Å². The van der Waals surface area contributed by atoms with Crippen molar-refractivity contribution in [2.45, 2.75) is 39.7 Å². The lowest BCUT2D eigenvalue weighted by Crippen LogP contribution is -2.39. The summed E-state index contributed by atoms with van der Waals surface area (Å²) in [5.74, 6) is 0.762. The molecule has 0 spiro atoms.